The number of rotatable bonds is 31. The van der Waals surface area contributed by atoms with E-state index in [2.05, 4.69) is 51.2 Å². The van der Waals surface area contributed by atoms with Gasteiger partial charge in [0.1, 0.15) is 11.4 Å². The summed E-state index contributed by atoms with van der Waals surface area (Å²) in [6.45, 7) is 23.4. The van der Waals surface area contributed by atoms with E-state index in [4.69, 9.17) is 47.4 Å². The molecule has 1 N–H and O–H groups in total. The standard InChI is InChI=1S/C42H67NO12/c1-32-27-35(4)41(36(5)28-32)37-29-34(3)38(30-33(37)2)54-31-39(44)43-10-12-47-14-16-49-18-20-51-22-24-53-26-25-52-23-21-50-19-17-48-15-13-46-11-9-40(45)55-42(6,7)8/h27-30H,9-26,31H2,1-8H3,(H,43,44). The zero-order chi connectivity index (χ0) is 40.3. The SMILES string of the molecule is Cc1cc(C)c(-c2cc(C)c(OCC(=O)NCCOCCOCCOCCOCCOCCOCCOCCOCCC(=O)OC(C)(C)C)cc2C)c(C)c1. The van der Waals surface area contributed by atoms with Gasteiger partial charge >= 0.3 is 5.97 Å². The Kier molecular flexibility index (Phi) is 24.7. The number of hydrogen-bond donors (Lipinski definition) is 1. The number of benzene rings is 2. The van der Waals surface area contributed by atoms with E-state index in [0.717, 1.165) is 11.1 Å². The zero-order valence-electron chi connectivity index (χ0n) is 34.6. The molecule has 2 aromatic carbocycles. The van der Waals surface area contributed by atoms with Crippen molar-refractivity contribution in [3.05, 3.63) is 52.1 Å². The molecule has 0 saturated carbocycles. The second kappa shape index (κ2) is 28.3. The molecule has 2 aromatic rings. The maximum atomic E-state index is 12.3. The molecule has 0 aliphatic rings. The molecule has 13 nitrogen and oxygen atoms in total. The van der Waals surface area contributed by atoms with Crippen LogP contribution in [0.1, 0.15) is 55.0 Å². The van der Waals surface area contributed by atoms with Crippen LogP contribution in [0.25, 0.3) is 11.1 Å². The van der Waals surface area contributed by atoms with Gasteiger partial charge in [0.2, 0.25) is 0 Å². The molecule has 0 aliphatic heterocycles. The minimum Gasteiger partial charge on any atom is -0.483 e. The van der Waals surface area contributed by atoms with Gasteiger partial charge in [0.25, 0.3) is 5.91 Å². The van der Waals surface area contributed by atoms with Crippen LogP contribution in [0.15, 0.2) is 24.3 Å². The fraction of sp³-hybridized carbons (Fsp3) is 0.667. The predicted octanol–water partition coefficient (Wildman–Crippen LogP) is 5.26. The van der Waals surface area contributed by atoms with Gasteiger partial charge in [-0.15, -0.1) is 0 Å². The van der Waals surface area contributed by atoms with Crippen molar-refractivity contribution >= 4 is 11.9 Å². The Morgan fingerprint density at radius 1 is 0.527 bits per heavy atom. The van der Waals surface area contributed by atoms with Gasteiger partial charge in [0.05, 0.1) is 112 Å². The van der Waals surface area contributed by atoms with Crippen LogP contribution < -0.4 is 10.1 Å². The lowest BCUT2D eigenvalue weighted by Crippen LogP contribution is -2.32. The van der Waals surface area contributed by atoms with E-state index in [-0.39, 0.29) is 24.9 Å². The first-order valence-electron chi connectivity index (χ1n) is 19.3. The molecule has 2 rings (SSSR count). The van der Waals surface area contributed by atoms with Gasteiger partial charge in [-0.2, -0.15) is 0 Å². The molecule has 0 radical (unpaired) electrons. The summed E-state index contributed by atoms with van der Waals surface area (Å²) >= 11 is 0. The summed E-state index contributed by atoms with van der Waals surface area (Å²) in [7, 11) is 0. The number of carbonyl (C=O) groups is 2. The van der Waals surface area contributed by atoms with Crippen LogP contribution >= 0.6 is 0 Å². The molecule has 1 amide bonds. The number of carbonyl (C=O) groups excluding carboxylic acids is 2. The molecule has 0 aromatic heterocycles. The van der Waals surface area contributed by atoms with Crippen LogP contribution in [0, 0.1) is 34.6 Å². The van der Waals surface area contributed by atoms with Crippen molar-refractivity contribution < 1.29 is 57.0 Å². The van der Waals surface area contributed by atoms with E-state index in [0.29, 0.717) is 118 Å². The Balaban J connectivity index is 1.31. The Bertz CT molecular complexity index is 1350. The Hall–Kier alpha value is -3.14. The first-order chi connectivity index (χ1) is 26.4. The van der Waals surface area contributed by atoms with Crippen molar-refractivity contribution in [1.82, 2.24) is 5.32 Å². The topological polar surface area (TPSA) is 138 Å². The molecule has 13 heteroatoms. The maximum Gasteiger partial charge on any atom is 0.308 e. The third-order valence-electron chi connectivity index (χ3n) is 7.87. The second-order valence-electron chi connectivity index (χ2n) is 14.1. The molecule has 0 aliphatic carbocycles. The van der Waals surface area contributed by atoms with E-state index in [1.54, 1.807) is 0 Å². The lowest BCUT2D eigenvalue weighted by atomic mass is 9.90. The van der Waals surface area contributed by atoms with Crippen LogP contribution in [-0.2, 0) is 52.2 Å². The van der Waals surface area contributed by atoms with Crippen molar-refractivity contribution in [2.24, 2.45) is 0 Å². The molecule has 0 spiro atoms. The third kappa shape index (κ3) is 22.9. The van der Waals surface area contributed by atoms with Gasteiger partial charge < -0.3 is 52.7 Å². The van der Waals surface area contributed by atoms with Gasteiger partial charge in [-0.05, 0) is 101 Å². The molecule has 0 bridgehead atoms. The highest BCUT2D eigenvalue weighted by Gasteiger charge is 2.16. The first-order valence-corrected chi connectivity index (χ1v) is 19.3. The normalized spacial score (nSPS) is 11.6. The Morgan fingerprint density at radius 3 is 1.38 bits per heavy atom. The Morgan fingerprint density at radius 2 is 0.945 bits per heavy atom. The number of aryl methyl sites for hydroxylation is 5. The van der Waals surface area contributed by atoms with Crippen molar-refractivity contribution in [2.75, 3.05) is 119 Å². The second-order valence-corrected chi connectivity index (χ2v) is 14.1. The highest BCUT2D eigenvalue weighted by Crippen LogP contribution is 2.34. The first kappa shape index (κ1) is 48.0. The van der Waals surface area contributed by atoms with Gasteiger partial charge in [-0.1, -0.05) is 17.7 Å². The van der Waals surface area contributed by atoms with Crippen LogP contribution in [-0.4, -0.2) is 136 Å². The Labute approximate surface area is 328 Å². The summed E-state index contributed by atoms with van der Waals surface area (Å²) in [6, 6.07) is 8.57. The molecule has 0 saturated heterocycles. The largest absolute Gasteiger partial charge is 0.483 e. The average molecular weight is 778 g/mol. The fourth-order valence-corrected chi connectivity index (χ4v) is 5.47. The van der Waals surface area contributed by atoms with Crippen molar-refractivity contribution in [2.45, 2.75) is 67.4 Å². The summed E-state index contributed by atoms with van der Waals surface area (Å²) in [4.78, 5) is 23.9. The lowest BCUT2D eigenvalue weighted by Gasteiger charge is -2.19. The third-order valence-corrected chi connectivity index (χ3v) is 7.87. The number of amides is 1. The quantitative estimate of drug-likeness (QED) is 0.0791. The molecule has 0 fully saturated rings. The summed E-state index contributed by atoms with van der Waals surface area (Å²) in [5, 5.41) is 2.83. The molecule has 312 valence electrons. The van der Waals surface area contributed by atoms with E-state index < -0.39 is 5.60 Å². The van der Waals surface area contributed by atoms with E-state index >= 15 is 0 Å². The summed E-state index contributed by atoms with van der Waals surface area (Å²) in [5.41, 5.74) is 7.82. The van der Waals surface area contributed by atoms with Crippen molar-refractivity contribution in [1.29, 1.82) is 0 Å². The highest BCUT2D eigenvalue weighted by atomic mass is 16.6. The lowest BCUT2D eigenvalue weighted by molar-refractivity contribution is -0.156. The molecule has 0 unspecified atom stereocenters. The molecular weight excluding hydrogens is 710 g/mol. The van der Waals surface area contributed by atoms with Crippen LogP contribution in [0.3, 0.4) is 0 Å². The monoisotopic (exact) mass is 777 g/mol. The smallest absolute Gasteiger partial charge is 0.308 e. The van der Waals surface area contributed by atoms with Gasteiger partial charge in [-0.25, -0.2) is 0 Å². The minimum absolute atomic E-state index is 0.0574. The highest BCUT2D eigenvalue weighted by molar-refractivity contribution is 5.78. The minimum atomic E-state index is -0.480. The van der Waals surface area contributed by atoms with Gasteiger partial charge in [0.15, 0.2) is 6.61 Å². The molecule has 55 heavy (non-hydrogen) atoms. The van der Waals surface area contributed by atoms with Crippen molar-refractivity contribution in [3.8, 4) is 16.9 Å². The maximum absolute atomic E-state index is 12.3. The van der Waals surface area contributed by atoms with E-state index in [1.165, 1.54) is 27.8 Å². The van der Waals surface area contributed by atoms with Crippen LogP contribution in [0.2, 0.25) is 0 Å². The van der Waals surface area contributed by atoms with Gasteiger partial charge in [-0.3, -0.25) is 9.59 Å². The van der Waals surface area contributed by atoms with E-state index in [1.807, 2.05) is 33.8 Å². The molecule has 0 heterocycles. The number of ether oxygens (including phenoxy) is 10. The summed E-state index contributed by atoms with van der Waals surface area (Å²) in [5.74, 6) is 0.244. The van der Waals surface area contributed by atoms with Crippen LogP contribution in [0.4, 0.5) is 0 Å². The number of hydrogen-bond acceptors (Lipinski definition) is 12. The molecule has 0 atom stereocenters. The number of esters is 1. The molecular formula is C42H67NO12. The van der Waals surface area contributed by atoms with E-state index in [9.17, 15) is 9.59 Å². The zero-order valence-corrected chi connectivity index (χ0v) is 34.6. The summed E-state index contributed by atoms with van der Waals surface area (Å²) < 4.78 is 54.9. The fourth-order valence-electron chi connectivity index (χ4n) is 5.47. The average Bonchev–Trinajstić information content (AvgIpc) is 3.10. The summed E-state index contributed by atoms with van der Waals surface area (Å²) in [6.07, 6.45) is 0.226. The van der Waals surface area contributed by atoms with Gasteiger partial charge in [0, 0.05) is 6.54 Å². The van der Waals surface area contributed by atoms with Crippen molar-refractivity contribution in [3.63, 3.8) is 0 Å². The predicted molar refractivity (Wildman–Crippen MR) is 211 cm³/mol. The van der Waals surface area contributed by atoms with Crippen LogP contribution in [0.5, 0.6) is 5.75 Å². The number of nitrogens with one attached hydrogen (secondary N) is 1.